The highest BCUT2D eigenvalue weighted by Crippen LogP contribution is 2.26. The van der Waals surface area contributed by atoms with Crippen LogP contribution in [0.3, 0.4) is 0 Å². The Kier molecular flexibility index (Phi) is 5.04. The van der Waals surface area contributed by atoms with Crippen LogP contribution in [0.5, 0.6) is 0 Å². The lowest BCUT2D eigenvalue weighted by Crippen LogP contribution is -2.44. The molecule has 1 aromatic rings. The highest BCUT2D eigenvalue weighted by molar-refractivity contribution is 7.89. The SMILES string of the molecule is CCC(C)(C)N(C)S(=O)(=O)c1ccc(C)c(CCl)c1. The summed E-state index contributed by atoms with van der Waals surface area (Å²) in [4.78, 5) is 0.303. The van der Waals surface area contributed by atoms with E-state index in [4.69, 9.17) is 11.6 Å². The first-order valence-corrected chi connectivity index (χ1v) is 8.28. The second-order valence-corrected chi connectivity index (χ2v) is 7.60. The van der Waals surface area contributed by atoms with E-state index >= 15 is 0 Å². The van der Waals surface area contributed by atoms with Crippen molar-refractivity contribution in [1.29, 1.82) is 0 Å². The summed E-state index contributed by atoms with van der Waals surface area (Å²) >= 11 is 5.84. The van der Waals surface area contributed by atoms with Crippen LogP contribution in [-0.2, 0) is 15.9 Å². The molecule has 0 atom stereocenters. The molecule has 1 aromatic carbocycles. The molecule has 5 heteroatoms. The van der Waals surface area contributed by atoms with Crippen LogP contribution >= 0.6 is 11.6 Å². The van der Waals surface area contributed by atoms with Crippen molar-refractivity contribution in [3.63, 3.8) is 0 Å². The first-order chi connectivity index (χ1) is 8.66. The molecule has 3 nitrogen and oxygen atoms in total. The molecule has 0 saturated carbocycles. The third kappa shape index (κ3) is 3.30. The lowest BCUT2D eigenvalue weighted by atomic mass is 10.0. The van der Waals surface area contributed by atoms with Crippen LogP contribution < -0.4 is 0 Å². The Morgan fingerprint density at radius 2 is 1.89 bits per heavy atom. The molecule has 0 saturated heterocycles. The number of nitrogens with zero attached hydrogens (tertiary/aromatic N) is 1. The van der Waals surface area contributed by atoms with Gasteiger partial charge in [-0.3, -0.25) is 0 Å². The molecule has 0 aromatic heterocycles. The van der Waals surface area contributed by atoms with E-state index in [0.717, 1.165) is 17.5 Å². The Labute approximate surface area is 121 Å². The quantitative estimate of drug-likeness (QED) is 0.780. The van der Waals surface area contributed by atoms with E-state index < -0.39 is 15.6 Å². The van der Waals surface area contributed by atoms with E-state index in [1.165, 1.54) is 4.31 Å². The Morgan fingerprint density at radius 1 is 1.32 bits per heavy atom. The highest BCUT2D eigenvalue weighted by atomic mass is 35.5. The van der Waals surface area contributed by atoms with Crippen molar-refractivity contribution >= 4 is 21.6 Å². The van der Waals surface area contributed by atoms with Gasteiger partial charge in [-0.05, 0) is 50.5 Å². The van der Waals surface area contributed by atoms with E-state index in [0.29, 0.717) is 10.8 Å². The normalized spacial score (nSPS) is 13.0. The summed E-state index contributed by atoms with van der Waals surface area (Å²) in [5.41, 5.74) is 1.45. The van der Waals surface area contributed by atoms with Gasteiger partial charge in [-0.1, -0.05) is 13.0 Å². The summed E-state index contributed by atoms with van der Waals surface area (Å²) in [5.74, 6) is 0.316. The van der Waals surface area contributed by atoms with Crippen molar-refractivity contribution in [1.82, 2.24) is 4.31 Å². The maximum absolute atomic E-state index is 12.6. The number of sulfonamides is 1. The molecule has 0 radical (unpaired) electrons. The van der Waals surface area contributed by atoms with Crippen LogP contribution in [0.25, 0.3) is 0 Å². The van der Waals surface area contributed by atoms with Crippen LogP contribution in [0.1, 0.15) is 38.3 Å². The minimum absolute atomic E-state index is 0.303. The molecule has 19 heavy (non-hydrogen) atoms. The average molecular weight is 304 g/mol. The lowest BCUT2D eigenvalue weighted by molar-refractivity contribution is 0.257. The summed E-state index contributed by atoms with van der Waals surface area (Å²) in [7, 11) is -1.86. The molecule has 0 aliphatic rings. The molecule has 0 aliphatic heterocycles. The fourth-order valence-electron chi connectivity index (χ4n) is 1.66. The zero-order valence-corrected chi connectivity index (χ0v) is 13.8. The van der Waals surface area contributed by atoms with Gasteiger partial charge in [-0.15, -0.1) is 11.6 Å². The fraction of sp³-hybridized carbons (Fsp3) is 0.571. The first-order valence-electron chi connectivity index (χ1n) is 6.31. The van der Waals surface area contributed by atoms with Crippen molar-refractivity contribution in [2.24, 2.45) is 0 Å². The van der Waals surface area contributed by atoms with Gasteiger partial charge in [0, 0.05) is 18.5 Å². The molecule has 0 amide bonds. The first kappa shape index (κ1) is 16.5. The lowest BCUT2D eigenvalue weighted by Gasteiger charge is -2.33. The van der Waals surface area contributed by atoms with Crippen LogP contribution in [-0.4, -0.2) is 25.3 Å². The van der Waals surface area contributed by atoms with E-state index in [9.17, 15) is 8.42 Å². The third-order valence-corrected chi connectivity index (χ3v) is 6.19. The summed E-state index contributed by atoms with van der Waals surface area (Å²) in [6.07, 6.45) is 0.747. The Bertz CT molecular complexity index is 553. The second-order valence-electron chi connectivity index (χ2n) is 5.36. The molecule has 0 unspecified atom stereocenters. The molecule has 0 bridgehead atoms. The largest absolute Gasteiger partial charge is 0.243 e. The Hall–Kier alpha value is -0.580. The Morgan fingerprint density at radius 3 is 2.37 bits per heavy atom. The monoisotopic (exact) mass is 303 g/mol. The number of alkyl halides is 1. The molecule has 108 valence electrons. The van der Waals surface area contributed by atoms with Gasteiger partial charge in [0.1, 0.15) is 0 Å². The van der Waals surface area contributed by atoms with E-state index in [1.807, 2.05) is 27.7 Å². The van der Waals surface area contributed by atoms with E-state index in [2.05, 4.69) is 0 Å². The van der Waals surface area contributed by atoms with Crippen LogP contribution in [0, 0.1) is 6.92 Å². The Balaban J connectivity index is 3.28. The predicted octanol–water partition coefficient (Wildman–Crippen LogP) is 3.54. The summed E-state index contributed by atoms with van der Waals surface area (Å²) < 4.78 is 26.6. The van der Waals surface area contributed by atoms with E-state index in [1.54, 1.807) is 25.2 Å². The highest BCUT2D eigenvalue weighted by Gasteiger charge is 2.32. The van der Waals surface area contributed by atoms with Gasteiger partial charge in [0.25, 0.3) is 0 Å². The van der Waals surface area contributed by atoms with Gasteiger partial charge in [0.2, 0.25) is 10.0 Å². The van der Waals surface area contributed by atoms with Crippen molar-refractivity contribution < 1.29 is 8.42 Å². The van der Waals surface area contributed by atoms with Gasteiger partial charge in [-0.25, -0.2) is 8.42 Å². The molecule has 1 rings (SSSR count). The zero-order valence-electron chi connectivity index (χ0n) is 12.2. The average Bonchev–Trinajstić information content (AvgIpc) is 2.38. The topological polar surface area (TPSA) is 37.4 Å². The van der Waals surface area contributed by atoms with Crippen molar-refractivity contribution in [3.8, 4) is 0 Å². The smallest absolute Gasteiger partial charge is 0.207 e. The zero-order chi connectivity index (χ0) is 14.8. The number of rotatable bonds is 5. The van der Waals surface area contributed by atoms with Crippen molar-refractivity contribution in [2.75, 3.05) is 7.05 Å². The number of halogens is 1. The number of aryl methyl sites for hydroxylation is 1. The van der Waals surface area contributed by atoms with Crippen LogP contribution in [0.15, 0.2) is 23.1 Å². The van der Waals surface area contributed by atoms with Crippen molar-refractivity contribution in [2.45, 2.75) is 50.4 Å². The maximum Gasteiger partial charge on any atom is 0.243 e. The second kappa shape index (κ2) is 5.81. The number of hydrogen-bond donors (Lipinski definition) is 0. The van der Waals surface area contributed by atoms with Gasteiger partial charge < -0.3 is 0 Å². The third-order valence-electron chi connectivity index (χ3n) is 3.84. The molecule has 0 N–H and O–H groups in total. The summed E-state index contributed by atoms with van der Waals surface area (Å²) in [6, 6.07) is 5.11. The maximum atomic E-state index is 12.6. The molecule has 0 spiro atoms. The summed E-state index contributed by atoms with van der Waals surface area (Å²) in [6.45, 7) is 7.74. The molecule has 0 aliphatic carbocycles. The molecular formula is C14H22ClNO2S. The van der Waals surface area contributed by atoms with Crippen LogP contribution in [0.4, 0.5) is 0 Å². The number of hydrogen-bond acceptors (Lipinski definition) is 2. The molecule has 0 fully saturated rings. The van der Waals surface area contributed by atoms with Crippen LogP contribution in [0.2, 0.25) is 0 Å². The standard InChI is InChI=1S/C14H22ClNO2S/c1-6-14(3,4)16(5)19(17,18)13-8-7-11(2)12(9-13)10-15/h7-9H,6,10H2,1-5H3. The molecular weight excluding hydrogens is 282 g/mol. The summed E-state index contributed by atoms with van der Waals surface area (Å²) in [5, 5.41) is 0. The minimum atomic E-state index is -3.48. The van der Waals surface area contributed by atoms with Crippen molar-refractivity contribution in [3.05, 3.63) is 29.3 Å². The number of benzene rings is 1. The fourth-order valence-corrected chi connectivity index (χ4v) is 3.57. The van der Waals surface area contributed by atoms with Gasteiger partial charge in [0.15, 0.2) is 0 Å². The molecule has 0 heterocycles. The van der Waals surface area contributed by atoms with Gasteiger partial charge >= 0.3 is 0 Å². The van der Waals surface area contributed by atoms with Gasteiger partial charge in [0.05, 0.1) is 4.90 Å². The minimum Gasteiger partial charge on any atom is -0.207 e. The van der Waals surface area contributed by atoms with E-state index in [-0.39, 0.29) is 0 Å². The van der Waals surface area contributed by atoms with Gasteiger partial charge in [-0.2, -0.15) is 4.31 Å². The predicted molar refractivity (Wildman–Crippen MR) is 80.1 cm³/mol.